The quantitative estimate of drug-likeness (QED) is 0.449. The molecule has 2 aromatic heterocycles. The molecule has 2 fully saturated rings. The summed E-state index contributed by atoms with van der Waals surface area (Å²) in [7, 11) is 2.11. The number of carbonyl (C=O) groups is 1. The summed E-state index contributed by atoms with van der Waals surface area (Å²) in [5.41, 5.74) is 6.49. The number of anilines is 2. The van der Waals surface area contributed by atoms with Crippen molar-refractivity contribution < 1.29 is 9.53 Å². The van der Waals surface area contributed by atoms with Gasteiger partial charge in [-0.25, -0.2) is 4.98 Å². The molecule has 0 saturated carbocycles. The van der Waals surface area contributed by atoms with Gasteiger partial charge >= 0.3 is 0 Å². The number of likely N-dealkylation sites (tertiary alicyclic amines) is 1. The largest absolute Gasteiger partial charge is 0.475 e. The minimum absolute atomic E-state index is 0.0761. The lowest BCUT2D eigenvalue weighted by atomic mass is 9.96. The highest BCUT2D eigenvalue weighted by atomic mass is 16.5. The molecular formula is C31H35N9O2. The van der Waals surface area contributed by atoms with E-state index in [0.717, 1.165) is 58.5 Å². The maximum absolute atomic E-state index is 12.2. The second-order valence-electron chi connectivity index (χ2n) is 11.3. The Balaban J connectivity index is 1.40. The van der Waals surface area contributed by atoms with Crippen LogP contribution in [0.2, 0.25) is 0 Å². The number of aromatic amines is 1. The highest BCUT2D eigenvalue weighted by molar-refractivity contribution is 5.97. The van der Waals surface area contributed by atoms with Gasteiger partial charge in [0.05, 0.1) is 34.5 Å². The maximum atomic E-state index is 12.2. The van der Waals surface area contributed by atoms with Gasteiger partial charge in [0, 0.05) is 44.3 Å². The number of H-pyrrole nitrogens is 1. The Morgan fingerprint density at radius 3 is 2.64 bits per heavy atom. The first-order chi connectivity index (χ1) is 20.4. The van der Waals surface area contributed by atoms with Crippen LogP contribution in [0.15, 0.2) is 24.8 Å². The number of amides is 1. The van der Waals surface area contributed by atoms with Gasteiger partial charge in [-0.05, 0) is 57.5 Å². The summed E-state index contributed by atoms with van der Waals surface area (Å²) in [5.74, 6) is 0.293. The molecule has 5 heterocycles. The number of piperazine rings is 1. The maximum Gasteiger partial charge on any atom is 0.246 e. The molecule has 42 heavy (non-hydrogen) atoms. The van der Waals surface area contributed by atoms with Crippen molar-refractivity contribution in [2.75, 3.05) is 62.7 Å². The number of nitrogens with zero attached hydrogens (tertiary/aromatic N) is 8. The lowest BCUT2D eigenvalue weighted by molar-refractivity contribution is -0.126. The molecule has 1 N–H and O–H groups in total. The van der Waals surface area contributed by atoms with Crippen LogP contribution in [-0.2, 0) is 17.8 Å². The van der Waals surface area contributed by atoms with Crippen LogP contribution in [-0.4, -0.2) is 89.9 Å². The van der Waals surface area contributed by atoms with Crippen molar-refractivity contribution in [3.8, 4) is 18.0 Å². The van der Waals surface area contributed by atoms with E-state index in [1.54, 1.807) is 4.90 Å². The number of nitriles is 2. The predicted octanol–water partition coefficient (Wildman–Crippen LogP) is 2.88. The topological polar surface area (TPSA) is 128 Å². The van der Waals surface area contributed by atoms with Crippen LogP contribution >= 0.6 is 0 Å². The van der Waals surface area contributed by atoms with Crippen molar-refractivity contribution in [2.45, 2.75) is 38.8 Å². The molecule has 6 rings (SSSR count). The minimum Gasteiger partial charge on any atom is -0.475 e. The van der Waals surface area contributed by atoms with Crippen LogP contribution in [0.4, 0.5) is 11.4 Å². The highest BCUT2D eigenvalue weighted by Gasteiger charge is 2.33. The predicted molar refractivity (Wildman–Crippen MR) is 159 cm³/mol. The molecule has 11 nitrogen and oxygen atoms in total. The molecule has 0 bridgehead atoms. The molecule has 1 unspecified atom stereocenters. The number of pyridine rings is 1. The summed E-state index contributed by atoms with van der Waals surface area (Å²) < 4.78 is 6.36. The first-order valence-corrected chi connectivity index (χ1v) is 14.5. The van der Waals surface area contributed by atoms with Gasteiger partial charge in [0.25, 0.3) is 0 Å². The number of fused-ring (bicyclic) bond motifs is 2. The number of rotatable bonds is 6. The van der Waals surface area contributed by atoms with Gasteiger partial charge in [0.15, 0.2) is 5.69 Å². The van der Waals surface area contributed by atoms with Crippen LogP contribution in [0.1, 0.15) is 40.9 Å². The Morgan fingerprint density at radius 2 is 1.95 bits per heavy atom. The van der Waals surface area contributed by atoms with Crippen molar-refractivity contribution >= 4 is 28.2 Å². The first kappa shape index (κ1) is 27.6. The van der Waals surface area contributed by atoms with E-state index >= 15 is 0 Å². The molecule has 1 aromatic carbocycles. The summed E-state index contributed by atoms with van der Waals surface area (Å²) in [4.78, 5) is 25.8. The fourth-order valence-corrected chi connectivity index (χ4v) is 6.61. The summed E-state index contributed by atoms with van der Waals surface area (Å²) in [6, 6.07) is 8.94. The second-order valence-corrected chi connectivity index (χ2v) is 11.3. The van der Waals surface area contributed by atoms with E-state index in [1.165, 1.54) is 6.08 Å². The third-order valence-electron chi connectivity index (χ3n) is 8.90. The minimum atomic E-state index is -0.0761. The van der Waals surface area contributed by atoms with Crippen LogP contribution in [0.5, 0.6) is 5.88 Å². The Labute approximate surface area is 245 Å². The molecule has 216 valence electrons. The average Bonchev–Trinajstić information content (AvgIpc) is 3.63. The molecule has 11 heteroatoms. The van der Waals surface area contributed by atoms with Gasteiger partial charge in [-0.2, -0.15) is 15.6 Å². The zero-order valence-corrected chi connectivity index (χ0v) is 24.2. The average molecular weight is 566 g/mol. The Kier molecular flexibility index (Phi) is 7.44. The molecule has 3 aliphatic heterocycles. The van der Waals surface area contributed by atoms with Gasteiger partial charge in [0.2, 0.25) is 11.8 Å². The monoisotopic (exact) mass is 565 g/mol. The number of likely N-dealkylation sites (N-methyl/N-ethyl adjacent to an activating group) is 1. The van der Waals surface area contributed by atoms with Crippen LogP contribution in [0.3, 0.4) is 0 Å². The number of nitrogens with one attached hydrogen (secondary N) is 1. The molecule has 1 atom stereocenters. The van der Waals surface area contributed by atoms with Crippen molar-refractivity contribution in [3.63, 3.8) is 0 Å². The van der Waals surface area contributed by atoms with Gasteiger partial charge < -0.3 is 24.3 Å². The van der Waals surface area contributed by atoms with E-state index in [0.29, 0.717) is 69.4 Å². The van der Waals surface area contributed by atoms with E-state index in [4.69, 9.17) is 9.72 Å². The number of aryl methyl sites for hydroxylation is 1. The standard InChI is InChI=1S/C31H35N9O2/c1-4-27(41)38-12-14-39(15-13-38)30-22-9-11-40(29-20(2)7-8-24-28(29)25(17-33)36-35-24)18-26(22)34-31(23(30)16-32)42-19-21-6-5-10-37(21)3/h4,7-8,21H,1,5-6,9-15,18-19H2,2-3H3,(H,35,36). The number of ether oxygens (including phenoxy) is 1. The van der Waals surface area contributed by atoms with Crippen molar-refractivity contribution in [3.05, 3.63) is 52.9 Å². The van der Waals surface area contributed by atoms with E-state index < -0.39 is 0 Å². The summed E-state index contributed by atoms with van der Waals surface area (Å²) >= 11 is 0. The normalized spacial score (nSPS) is 19.0. The smallest absolute Gasteiger partial charge is 0.246 e. The fourth-order valence-electron chi connectivity index (χ4n) is 6.61. The van der Waals surface area contributed by atoms with Crippen LogP contribution in [0.25, 0.3) is 10.9 Å². The van der Waals surface area contributed by atoms with Crippen molar-refractivity contribution in [1.82, 2.24) is 25.0 Å². The van der Waals surface area contributed by atoms with Crippen molar-refractivity contribution in [1.29, 1.82) is 10.5 Å². The Morgan fingerprint density at radius 1 is 1.14 bits per heavy atom. The molecule has 0 aliphatic carbocycles. The molecule has 0 spiro atoms. The molecule has 0 radical (unpaired) electrons. The van der Waals surface area contributed by atoms with Crippen LogP contribution < -0.4 is 14.5 Å². The Bertz CT molecular complexity index is 1620. The third kappa shape index (κ3) is 4.80. The number of hydrogen-bond acceptors (Lipinski definition) is 9. The number of carbonyl (C=O) groups excluding carboxylic acids is 1. The molecule has 3 aliphatic rings. The van der Waals surface area contributed by atoms with Gasteiger partial charge in [-0.3, -0.25) is 9.89 Å². The number of hydrogen-bond donors (Lipinski definition) is 1. The lowest BCUT2D eigenvalue weighted by Gasteiger charge is -2.39. The van der Waals surface area contributed by atoms with E-state index in [9.17, 15) is 15.3 Å². The molecule has 3 aromatic rings. The van der Waals surface area contributed by atoms with Gasteiger partial charge in [-0.1, -0.05) is 12.6 Å². The zero-order valence-electron chi connectivity index (χ0n) is 24.2. The van der Waals surface area contributed by atoms with Gasteiger partial charge in [-0.15, -0.1) is 0 Å². The molecule has 1 amide bonds. The second kappa shape index (κ2) is 11.3. The number of benzene rings is 1. The zero-order chi connectivity index (χ0) is 29.4. The summed E-state index contributed by atoms with van der Waals surface area (Å²) in [6.07, 6.45) is 4.22. The molecule has 2 saturated heterocycles. The number of aromatic nitrogens is 3. The van der Waals surface area contributed by atoms with Gasteiger partial charge in [0.1, 0.15) is 24.3 Å². The SMILES string of the molecule is C=CC(=O)N1CCN(c2c(C#N)c(OCC3CCCN3C)nc3c2CCN(c2c(C)ccc4[nH]nc(C#N)c24)C3)CC1. The summed E-state index contributed by atoms with van der Waals surface area (Å²) in [6.45, 7) is 10.7. The first-order valence-electron chi connectivity index (χ1n) is 14.5. The lowest BCUT2D eigenvalue weighted by Crippen LogP contribution is -2.49. The van der Waals surface area contributed by atoms with Crippen LogP contribution in [0, 0.1) is 29.6 Å². The Hall–Kier alpha value is -4.61. The van der Waals surface area contributed by atoms with Crippen molar-refractivity contribution in [2.24, 2.45) is 0 Å². The third-order valence-corrected chi connectivity index (χ3v) is 8.90. The summed E-state index contributed by atoms with van der Waals surface area (Å²) in [5, 5.41) is 28.2. The highest BCUT2D eigenvalue weighted by Crippen LogP contribution is 2.40. The fraction of sp³-hybridized carbons (Fsp3) is 0.452. The van der Waals surface area contributed by atoms with E-state index in [2.05, 4.69) is 50.7 Å². The van der Waals surface area contributed by atoms with E-state index in [1.807, 2.05) is 19.1 Å². The van der Waals surface area contributed by atoms with E-state index in [-0.39, 0.29) is 11.9 Å². The molecular weight excluding hydrogens is 530 g/mol.